The van der Waals surface area contributed by atoms with Gasteiger partial charge in [0.15, 0.2) is 0 Å². The topological polar surface area (TPSA) is 38.2 Å². The molecule has 1 aromatic carbocycles. The summed E-state index contributed by atoms with van der Waals surface area (Å²) < 4.78 is 5.17. The van der Waals surface area contributed by atoms with Crippen LogP contribution in [0.25, 0.3) is 0 Å². The Kier molecular flexibility index (Phi) is 3.54. The zero-order valence-corrected chi connectivity index (χ0v) is 11.9. The van der Waals surface area contributed by atoms with Gasteiger partial charge in [-0.25, -0.2) is 4.98 Å². The molecule has 1 aliphatic carbocycles. The number of rotatable bonds is 3. The van der Waals surface area contributed by atoms with Crippen molar-refractivity contribution >= 4 is 5.95 Å². The number of nitrogens with zero attached hydrogens (tertiary/aromatic N) is 3. The molecule has 4 nitrogen and oxygen atoms in total. The Morgan fingerprint density at radius 2 is 2.00 bits per heavy atom. The molecule has 0 amide bonds. The first kappa shape index (κ1) is 12.9. The van der Waals surface area contributed by atoms with E-state index in [1.165, 1.54) is 11.1 Å². The first-order chi connectivity index (χ1) is 9.78. The number of hydrogen-bond acceptors (Lipinski definition) is 4. The van der Waals surface area contributed by atoms with E-state index in [0.717, 1.165) is 25.2 Å². The fraction of sp³-hybridized carbons (Fsp3) is 0.375. The summed E-state index contributed by atoms with van der Waals surface area (Å²) >= 11 is 0. The highest BCUT2D eigenvalue weighted by Gasteiger charge is 2.23. The van der Waals surface area contributed by atoms with E-state index in [1.807, 2.05) is 0 Å². The lowest BCUT2D eigenvalue weighted by Crippen LogP contribution is -2.37. The molecule has 1 unspecified atom stereocenters. The maximum atomic E-state index is 5.17. The van der Waals surface area contributed by atoms with Crippen LogP contribution in [0, 0.1) is 0 Å². The molecule has 20 heavy (non-hydrogen) atoms. The maximum Gasteiger partial charge on any atom is 0.228 e. The van der Waals surface area contributed by atoms with Crippen molar-refractivity contribution in [2.45, 2.75) is 25.3 Å². The third-order valence-electron chi connectivity index (χ3n) is 4.01. The summed E-state index contributed by atoms with van der Waals surface area (Å²) in [5, 5.41) is 0. The Morgan fingerprint density at radius 1 is 1.20 bits per heavy atom. The van der Waals surface area contributed by atoms with Crippen molar-refractivity contribution in [2.75, 3.05) is 19.1 Å². The second kappa shape index (κ2) is 5.49. The van der Waals surface area contributed by atoms with Crippen molar-refractivity contribution in [1.29, 1.82) is 0 Å². The van der Waals surface area contributed by atoms with E-state index in [9.17, 15) is 0 Å². The molecule has 2 aromatic rings. The smallest absolute Gasteiger partial charge is 0.228 e. The van der Waals surface area contributed by atoms with Gasteiger partial charge in [0.05, 0.1) is 7.11 Å². The van der Waals surface area contributed by atoms with Crippen LogP contribution in [-0.2, 0) is 12.8 Å². The summed E-state index contributed by atoms with van der Waals surface area (Å²) in [4.78, 5) is 10.9. The van der Waals surface area contributed by atoms with Crippen LogP contribution >= 0.6 is 0 Å². The summed E-state index contributed by atoms with van der Waals surface area (Å²) in [6.07, 6.45) is 5.05. The third-order valence-corrected chi connectivity index (χ3v) is 4.01. The average Bonchev–Trinajstić information content (AvgIpc) is 2.53. The van der Waals surface area contributed by atoms with Gasteiger partial charge in [-0.2, -0.15) is 4.98 Å². The van der Waals surface area contributed by atoms with E-state index in [1.54, 1.807) is 19.4 Å². The van der Waals surface area contributed by atoms with E-state index < -0.39 is 0 Å². The molecule has 0 bridgehead atoms. The molecule has 0 fully saturated rings. The van der Waals surface area contributed by atoms with Gasteiger partial charge in [-0.05, 0) is 30.4 Å². The maximum absolute atomic E-state index is 5.17. The monoisotopic (exact) mass is 269 g/mol. The minimum atomic E-state index is 0.442. The average molecular weight is 269 g/mol. The molecule has 0 saturated heterocycles. The predicted molar refractivity (Wildman–Crippen MR) is 79.2 cm³/mol. The number of anilines is 1. The lowest BCUT2D eigenvalue weighted by Gasteiger charge is -2.32. The van der Waals surface area contributed by atoms with E-state index in [2.05, 4.69) is 46.2 Å². The van der Waals surface area contributed by atoms with Crippen LogP contribution in [0.15, 0.2) is 36.5 Å². The van der Waals surface area contributed by atoms with Crippen LogP contribution in [0.1, 0.15) is 17.5 Å². The van der Waals surface area contributed by atoms with Gasteiger partial charge in [0.2, 0.25) is 11.8 Å². The van der Waals surface area contributed by atoms with Gasteiger partial charge in [-0.3, -0.25) is 0 Å². The lowest BCUT2D eigenvalue weighted by molar-refractivity contribution is 0.396. The zero-order valence-electron chi connectivity index (χ0n) is 11.9. The minimum absolute atomic E-state index is 0.442. The number of fused-ring (bicyclic) bond motifs is 1. The standard InChI is InChI=1S/C16H19N3O/c1-19(16-17-10-9-15(18-16)20-2)14-8-7-12-5-3-4-6-13(12)11-14/h3-6,9-10,14H,7-8,11H2,1-2H3. The molecule has 4 heteroatoms. The first-order valence-electron chi connectivity index (χ1n) is 6.94. The Bertz CT molecular complexity index is 600. The molecule has 0 N–H and O–H groups in total. The van der Waals surface area contributed by atoms with Crippen molar-refractivity contribution in [1.82, 2.24) is 9.97 Å². The number of hydrogen-bond donors (Lipinski definition) is 0. The quantitative estimate of drug-likeness (QED) is 0.858. The third kappa shape index (κ3) is 2.46. The molecule has 1 atom stereocenters. The predicted octanol–water partition coefficient (Wildman–Crippen LogP) is 2.48. The molecule has 1 aliphatic rings. The number of likely N-dealkylation sites (N-methyl/N-ethyl adjacent to an activating group) is 1. The number of aryl methyl sites for hydroxylation is 1. The second-order valence-corrected chi connectivity index (χ2v) is 5.18. The highest BCUT2D eigenvalue weighted by Crippen LogP contribution is 2.25. The van der Waals surface area contributed by atoms with Gasteiger partial charge >= 0.3 is 0 Å². The van der Waals surface area contributed by atoms with Crippen LogP contribution in [0.4, 0.5) is 5.95 Å². The summed E-state index contributed by atoms with van der Waals surface area (Å²) in [6, 6.07) is 10.9. The lowest BCUT2D eigenvalue weighted by atomic mass is 9.88. The van der Waals surface area contributed by atoms with Gasteiger partial charge in [0.1, 0.15) is 0 Å². The molecule has 0 radical (unpaired) electrons. The van der Waals surface area contributed by atoms with E-state index >= 15 is 0 Å². The Morgan fingerprint density at radius 3 is 2.80 bits per heavy atom. The zero-order chi connectivity index (χ0) is 13.9. The summed E-state index contributed by atoms with van der Waals surface area (Å²) in [5.74, 6) is 1.34. The Hall–Kier alpha value is -2.10. The van der Waals surface area contributed by atoms with Gasteiger partial charge < -0.3 is 9.64 Å². The van der Waals surface area contributed by atoms with Crippen molar-refractivity contribution in [3.05, 3.63) is 47.7 Å². The van der Waals surface area contributed by atoms with Crippen LogP contribution < -0.4 is 9.64 Å². The molecular formula is C16H19N3O. The molecule has 1 aromatic heterocycles. The first-order valence-corrected chi connectivity index (χ1v) is 6.94. The fourth-order valence-corrected chi connectivity index (χ4v) is 2.79. The molecule has 0 saturated carbocycles. The highest BCUT2D eigenvalue weighted by atomic mass is 16.5. The molecule has 0 aliphatic heterocycles. The number of benzene rings is 1. The summed E-state index contributed by atoms with van der Waals surface area (Å²) in [7, 11) is 3.69. The van der Waals surface area contributed by atoms with Crippen LogP contribution in [0.3, 0.4) is 0 Å². The van der Waals surface area contributed by atoms with Crippen LogP contribution in [0.2, 0.25) is 0 Å². The van der Waals surface area contributed by atoms with Crippen molar-refractivity contribution in [3.63, 3.8) is 0 Å². The Labute approximate surface area is 119 Å². The van der Waals surface area contributed by atoms with E-state index in [0.29, 0.717) is 11.9 Å². The second-order valence-electron chi connectivity index (χ2n) is 5.18. The minimum Gasteiger partial charge on any atom is -0.481 e. The molecule has 0 spiro atoms. The largest absolute Gasteiger partial charge is 0.481 e. The van der Waals surface area contributed by atoms with Crippen molar-refractivity contribution in [2.24, 2.45) is 0 Å². The summed E-state index contributed by atoms with van der Waals surface area (Å²) in [5.41, 5.74) is 2.92. The van der Waals surface area contributed by atoms with Gasteiger partial charge in [0, 0.05) is 25.4 Å². The van der Waals surface area contributed by atoms with Gasteiger partial charge in [0.25, 0.3) is 0 Å². The number of methoxy groups -OCH3 is 1. The molecule has 3 rings (SSSR count). The highest BCUT2D eigenvalue weighted by molar-refractivity contribution is 5.37. The summed E-state index contributed by atoms with van der Waals surface area (Å²) in [6.45, 7) is 0. The van der Waals surface area contributed by atoms with Gasteiger partial charge in [-0.1, -0.05) is 24.3 Å². The van der Waals surface area contributed by atoms with E-state index in [-0.39, 0.29) is 0 Å². The normalized spacial score (nSPS) is 17.4. The fourth-order valence-electron chi connectivity index (χ4n) is 2.79. The van der Waals surface area contributed by atoms with Crippen molar-refractivity contribution < 1.29 is 4.74 Å². The van der Waals surface area contributed by atoms with E-state index in [4.69, 9.17) is 4.74 Å². The molecular weight excluding hydrogens is 250 g/mol. The van der Waals surface area contributed by atoms with Gasteiger partial charge in [-0.15, -0.1) is 0 Å². The number of aromatic nitrogens is 2. The molecule has 1 heterocycles. The van der Waals surface area contributed by atoms with Crippen molar-refractivity contribution in [3.8, 4) is 5.88 Å². The Balaban J connectivity index is 1.80. The number of ether oxygens (including phenoxy) is 1. The molecule has 104 valence electrons. The SMILES string of the molecule is COc1ccnc(N(C)C2CCc3ccccc3C2)n1. The van der Waals surface area contributed by atoms with Crippen LogP contribution in [0.5, 0.6) is 5.88 Å². The van der Waals surface area contributed by atoms with Crippen LogP contribution in [-0.4, -0.2) is 30.2 Å².